The number of benzene rings is 1. The highest BCUT2D eigenvalue weighted by Crippen LogP contribution is 2.41. The fraction of sp³-hybridized carbons (Fsp3) is 0.625. The summed E-state index contributed by atoms with van der Waals surface area (Å²) in [5.74, 6) is 1.00. The molecule has 0 spiro atoms. The Morgan fingerprint density at radius 3 is 2.89 bits per heavy atom. The minimum Gasteiger partial charge on any atom is -0.492 e. The molecule has 0 N–H and O–H groups in total. The predicted octanol–water partition coefficient (Wildman–Crippen LogP) is 4.21. The zero-order chi connectivity index (χ0) is 13.5. The zero-order valence-electron chi connectivity index (χ0n) is 11.6. The Morgan fingerprint density at radius 2 is 2.16 bits per heavy atom. The van der Waals surface area contributed by atoms with Crippen LogP contribution in [0.2, 0.25) is 0 Å². The van der Waals surface area contributed by atoms with Crippen LogP contribution in [0.15, 0.2) is 18.2 Å². The molecular formula is C16H21ClO2. The maximum atomic E-state index is 6.61. The van der Waals surface area contributed by atoms with Crippen molar-refractivity contribution in [1.82, 2.24) is 0 Å². The first-order valence-corrected chi connectivity index (χ1v) is 7.54. The molecule has 19 heavy (non-hydrogen) atoms. The molecule has 0 aromatic heterocycles. The molecule has 0 saturated carbocycles. The molecular weight excluding hydrogens is 260 g/mol. The van der Waals surface area contributed by atoms with Crippen molar-refractivity contribution in [3.8, 4) is 5.75 Å². The van der Waals surface area contributed by atoms with Gasteiger partial charge in [-0.05, 0) is 37.0 Å². The lowest BCUT2D eigenvalue weighted by Gasteiger charge is -2.27. The first-order chi connectivity index (χ1) is 9.08. The Balaban J connectivity index is 1.85. The van der Waals surface area contributed by atoms with Crippen LogP contribution in [0.3, 0.4) is 0 Å². The Morgan fingerprint density at radius 1 is 1.32 bits per heavy atom. The normalized spacial score (nSPS) is 26.6. The Hall–Kier alpha value is -0.730. The predicted molar refractivity (Wildman–Crippen MR) is 77.1 cm³/mol. The fourth-order valence-corrected chi connectivity index (χ4v) is 3.26. The van der Waals surface area contributed by atoms with Gasteiger partial charge in [-0.15, -0.1) is 11.6 Å². The van der Waals surface area contributed by atoms with E-state index in [0.29, 0.717) is 0 Å². The summed E-state index contributed by atoms with van der Waals surface area (Å²) in [6.07, 6.45) is 3.59. The summed E-state index contributed by atoms with van der Waals surface area (Å²) in [7, 11) is 0. The minimum atomic E-state index is -0.0537. The molecule has 2 aliphatic rings. The van der Waals surface area contributed by atoms with Gasteiger partial charge < -0.3 is 9.47 Å². The minimum absolute atomic E-state index is 0.0537. The van der Waals surface area contributed by atoms with Gasteiger partial charge in [-0.3, -0.25) is 0 Å². The number of hydrogen-bond acceptors (Lipinski definition) is 2. The van der Waals surface area contributed by atoms with Crippen molar-refractivity contribution in [3.63, 3.8) is 0 Å². The maximum absolute atomic E-state index is 6.61. The molecule has 2 nitrogen and oxygen atoms in total. The molecule has 104 valence electrons. The third-order valence-corrected chi connectivity index (χ3v) is 4.71. The lowest BCUT2D eigenvalue weighted by atomic mass is 9.85. The molecule has 2 heterocycles. The van der Waals surface area contributed by atoms with Gasteiger partial charge in [0.25, 0.3) is 0 Å². The first-order valence-electron chi connectivity index (χ1n) is 7.11. The van der Waals surface area contributed by atoms with Crippen LogP contribution >= 0.6 is 11.6 Å². The molecule has 1 aromatic rings. The highest BCUT2D eigenvalue weighted by molar-refractivity contribution is 6.21. The number of halogens is 1. The second kappa shape index (κ2) is 4.99. The van der Waals surface area contributed by atoms with Crippen molar-refractivity contribution in [2.45, 2.75) is 50.0 Å². The largest absolute Gasteiger partial charge is 0.492 e. The van der Waals surface area contributed by atoms with Crippen LogP contribution in [0.25, 0.3) is 0 Å². The molecule has 0 amide bonds. The number of hydrogen-bond donors (Lipinski definition) is 0. The van der Waals surface area contributed by atoms with E-state index in [1.54, 1.807) is 0 Å². The summed E-state index contributed by atoms with van der Waals surface area (Å²) < 4.78 is 11.5. The summed E-state index contributed by atoms with van der Waals surface area (Å²) in [4.78, 5) is 0. The van der Waals surface area contributed by atoms with Crippen molar-refractivity contribution >= 4 is 11.6 Å². The molecule has 0 radical (unpaired) electrons. The summed E-state index contributed by atoms with van der Waals surface area (Å²) in [6, 6.07) is 6.34. The number of ether oxygens (including phenoxy) is 2. The summed E-state index contributed by atoms with van der Waals surface area (Å²) >= 11 is 6.61. The van der Waals surface area contributed by atoms with Gasteiger partial charge in [0, 0.05) is 17.6 Å². The van der Waals surface area contributed by atoms with E-state index in [9.17, 15) is 0 Å². The Kier molecular flexibility index (Phi) is 3.48. The topological polar surface area (TPSA) is 18.5 Å². The molecule has 2 atom stereocenters. The van der Waals surface area contributed by atoms with Crippen LogP contribution in [0.1, 0.15) is 49.6 Å². The lowest BCUT2D eigenvalue weighted by Crippen LogP contribution is -2.24. The molecule has 2 aliphatic heterocycles. The van der Waals surface area contributed by atoms with Gasteiger partial charge in [-0.1, -0.05) is 19.9 Å². The fourth-order valence-electron chi connectivity index (χ4n) is 2.92. The van der Waals surface area contributed by atoms with E-state index >= 15 is 0 Å². The van der Waals surface area contributed by atoms with E-state index in [2.05, 4.69) is 32.0 Å². The monoisotopic (exact) mass is 280 g/mol. The van der Waals surface area contributed by atoms with Gasteiger partial charge in [-0.25, -0.2) is 0 Å². The summed E-state index contributed by atoms with van der Waals surface area (Å²) in [6.45, 7) is 6.01. The molecule has 2 unspecified atom stereocenters. The Labute approximate surface area is 120 Å². The van der Waals surface area contributed by atoms with Gasteiger partial charge in [-0.2, -0.15) is 0 Å². The molecule has 0 aliphatic carbocycles. The smallest absolute Gasteiger partial charge is 0.123 e. The standard InChI is InChI=1S/C16H21ClO2/c1-16(2)10-19-13-7-6-11(9-12(13)16)15(17)14-5-3-4-8-18-14/h6-7,9,14-15H,3-5,8,10H2,1-2H3. The van der Waals surface area contributed by atoms with Crippen molar-refractivity contribution < 1.29 is 9.47 Å². The highest BCUT2D eigenvalue weighted by Gasteiger charge is 2.33. The molecule has 3 rings (SSSR count). The molecule has 3 heteroatoms. The van der Waals surface area contributed by atoms with E-state index < -0.39 is 0 Å². The van der Waals surface area contributed by atoms with E-state index in [-0.39, 0.29) is 16.9 Å². The van der Waals surface area contributed by atoms with Crippen molar-refractivity contribution in [1.29, 1.82) is 0 Å². The van der Waals surface area contributed by atoms with Crippen molar-refractivity contribution in [2.75, 3.05) is 13.2 Å². The van der Waals surface area contributed by atoms with Crippen molar-refractivity contribution in [2.24, 2.45) is 0 Å². The van der Waals surface area contributed by atoms with E-state index in [1.807, 2.05) is 0 Å². The van der Waals surface area contributed by atoms with Crippen LogP contribution in [0.5, 0.6) is 5.75 Å². The summed E-state index contributed by atoms with van der Waals surface area (Å²) in [5, 5.41) is -0.0537. The molecule has 1 fully saturated rings. The average molecular weight is 281 g/mol. The first kappa shape index (κ1) is 13.3. The molecule has 1 saturated heterocycles. The van der Waals surface area contributed by atoms with E-state index in [1.165, 1.54) is 12.0 Å². The number of alkyl halides is 1. The van der Waals surface area contributed by atoms with E-state index in [4.69, 9.17) is 21.1 Å². The second-order valence-electron chi connectivity index (χ2n) is 6.23. The second-order valence-corrected chi connectivity index (χ2v) is 6.71. The molecule has 0 bridgehead atoms. The van der Waals surface area contributed by atoms with Gasteiger partial charge in [0.15, 0.2) is 0 Å². The highest BCUT2D eigenvalue weighted by atomic mass is 35.5. The number of rotatable bonds is 2. The van der Waals surface area contributed by atoms with Gasteiger partial charge in [0.2, 0.25) is 0 Å². The van der Waals surface area contributed by atoms with Crippen LogP contribution in [-0.2, 0) is 10.2 Å². The van der Waals surface area contributed by atoms with Crippen LogP contribution in [0.4, 0.5) is 0 Å². The van der Waals surface area contributed by atoms with Crippen molar-refractivity contribution in [3.05, 3.63) is 29.3 Å². The zero-order valence-corrected chi connectivity index (χ0v) is 12.4. The third-order valence-electron chi connectivity index (χ3n) is 4.18. The average Bonchev–Trinajstić information content (AvgIpc) is 2.74. The SMILES string of the molecule is CC1(C)COc2ccc(C(Cl)C3CCCCO3)cc21. The van der Waals surface area contributed by atoms with E-state index in [0.717, 1.165) is 37.4 Å². The van der Waals surface area contributed by atoms with Crippen LogP contribution < -0.4 is 4.74 Å². The lowest BCUT2D eigenvalue weighted by molar-refractivity contribution is 0.0135. The Bertz CT molecular complexity index is 464. The third kappa shape index (κ3) is 2.48. The van der Waals surface area contributed by atoms with Crippen LogP contribution in [0, 0.1) is 0 Å². The van der Waals surface area contributed by atoms with Gasteiger partial charge in [0.05, 0.1) is 18.1 Å². The number of fused-ring (bicyclic) bond motifs is 1. The van der Waals surface area contributed by atoms with Crippen LogP contribution in [-0.4, -0.2) is 19.3 Å². The van der Waals surface area contributed by atoms with Gasteiger partial charge >= 0.3 is 0 Å². The summed E-state index contributed by atoms with van der Waals surface area (Å²) in [5.41, 5.74) is 2.51. The van der Waals surface area contributed by atoms with Gasteiger partial charge in [0.1, 0.15) is 5.75 Å². The maximum Gasteiger partial charge on any atom is 0.123 e. The quantitative estimate of drug-likeness (QED) is 0.756. The molecule has 1 aromatic carbocycles.